The van der Waals surface area contributed by atoms with Crippen molar-refractivity contribution in [3.05, 3.63) is 107 Å². The molecule has 2 aromatic carbocycles. The molecule has 1 aliphatic rings. The summed E-state index contributed by atoms with van der Waals surface area (Å²) in [5.41, 5.74) is 0.277. The lowest BCUT2D eigenvalue weighted by Crippen LogP contribution is -2.44. The van der Waals surface area contributed by atoms with Crippen LogP contribution in [0.2, 0.25) is 19.6 Å². The average molecular weight is 638 g/mol. The first-order chi connectivity index (χ1) is 21.3. The molecule has 13 heteroatoms. The highest BCUT2D eigenvalue weighted by atomic mass is 28.4. The molecule has 4 rings (SSSR count). The van der Waals surface area contributed by atoms with Crippen LogP contribution in [0.5, 0.6) is 0 Å². The molecule has 45 heavy (non-hydrogen) atoms. The zero-order valence-electron chi connectivity index (χ0n) is 25.1. The molecule has 1 fully saturated rings. The van der Waals surface area contributed by atoms with Crippen molar-refractivity contribution < 1.29 is 37.0 Å². The standard InChI is InChI=1S/C32H33F2N3O7Si/c1-22(44-45(2,3)4)35-26-19-20-37(31(40)36-26)30-32(33,34)29(43-28(39)18-16-24-13-9-6-10-14-24)25(42-30)21-41-27(38)17-15-23-11-7-5-8-12-23/h5-20,25,29-30H,21H2,1-4H3/b17-15+,18-16+,35-22?/t25-,29-,30-/m1/s1. The molecule has 236 valence electrons. The summed E-state index contributed by atoms with van der Waals surface area (Å²) in [5, 5.41) is 0. The molecule has 1 aromatic heterocycles. The zero-order chi connectivity index (χ0) is 32.6. The number of rotatable bonds is 10. The Balaban J connectivity index is 1.56. The van der Waals surface area contributed by atoms with E-state index in [0.717, 1.165) is 23.9 Å². The van der Waals surface area contributed by atoms with Crippen LogP contribution in [0.15, 0.2) is 94.9 Å². The van der Waals surface area contributed by atoms with Gasteiger partial charge in [-0.1, -0.05) is 60.7 Å². The predicted molar refractivity (Wildman–Crippen MR) is 166 cm³/mol. The largest absolute Gasteiger partial charge is 0.535 e. The molecule has 0 bridgehead atoms. The van der Waals surface area contributed by atoms with Crippen molar-refractivity contribution in [2.45, 2.75) is 50.9 Å². The first-order valence-electron chi connectivity index (χ1n) is 14.0. The molecule has 0 radical (unpaired) electrons. The second kappa shape index (κ2) is 14.4. The van der Waals surface area contributed by atoms with Gasteiger partial charge in [-0.05, 0) is 49.0 Å². The van der Waals surface area contributed by atoms with Crippen LogP contribution >= 0.6 is 0 Å². The van der Waals surface area contributed by atoms with Crippen LogP contribution in [-0.2, 0) is 28.2 Å². The van der Waals surface area contributed by atoms with Crippen LogP contribution in [0.3, 0.4) is 0 Å². The lowest BCUT2D eigenvalue weighted by molar-refractivity contribution is -0.172. The lowest BCUT2D eigenvalue weighted by atomic mass is 10.1. The number of halogens is 2. The summed E-state index contributed by atoms with van der Waals surface area (Å²) in [5.74, 6) is -5.61. The van der Waals surface area contributed by atoms with Crippen LogP contribution in [0.4, 0.5) is 14.6 Å². The maximum absolute atomic E-state index is 15.9. The molecule has 0 amide bonds. The molecule has 0 N–H and O–H groups in total. The smallest absolute Gasteiger partial charge is 0.351 e. The minimum Gasteiger partial charge on any atom is -0.535 e. The topological polar surface area (TPSA) is 118 Å². The maximum Gasteiger partial charge on any atom is 0.351 e. The van der Waals surface area contributed by atoms with Gasteiger partial charge in [0.15, 0.2) is 17.8 Å². The van der Waals surface area contributed by atoms with E-state index >= 15 is 8.78 Å². The molecule has 3 atom stereocenters. The number of benzene rings is 2. The second-order valence-electron chi connectivity index (χ2n) is 11.0. The normalized spacial score (nSPS) is 20.0. The maximum atomic E-state index is 15.9. The van der Waals surface area contributed by atoms with E-state index in [1.54, 1.807) is 61.5 Å². The van der Waals surface area contributed by atoms with Gasteiger partial charge >= 0.3 is 23.6 Å². The molecule has 0 unspecified atom stereocenters. The number of carbonyl (C=O) groups excluding carboxylic acids is 2. The van der Waals surface area contributed by atoms with Crippen LogP contribution in [-0.4, -0.2) is 60.4 Å². The quantitative estimate of drug-likeness (QED) is 0.0933. The number of alkyl halides is 2. The lowest BCUT2D eigenvalue weighted by Gasteiger charge is -2.23. The van der Waals surface area contributed by atoms with E-state index in [-0.39, 0.29) is 11.7 Å². The molecule has 0 aliphatic carbocycles. The Morgan fingerprint density at radius 3 is 2.11 bits per heavy atom. The van der Waals surface area contributed by atoms with Crippen molar-refractivity contribution in [1.82, 2.24) is 9.55 Å². The number of carbonyl (C=O) groups is 2. The number of esters is 2. The van der Waals surface area contributed by atoms with Crippen molar-refractivity contribution in [3.8, 4) is 0 Å². The van der Waals surface area contributed by atoms with Crippen molar-refractivity contribution in [3.63, 3.8) is 0 Å². The second-order valence-corrected chi connectivity index (χ2v) is 15.4. The van der Waals surface area contributed by atoms with Crippen LogP contribution in [0.25, 0.3) is 12.2 Å². The zero-order valence-corrected chi connectivity index (χ0v) is 26.1. The first kappa shape index (κ1) is 33.1. The Morgan fingerprint density at radius 1 is 0.978 bits per heavy atom. The Morgan fingerprint density at radius 2 is 1.56 bits per heavy atom. The third-order valence-corrected chi connectivity index (χ3v) is 7.11. The van der Waals surface area contributed by atoms with E-state index in [9.17, 15) is 14.4 Å². The SMILES string of the molecule is CC(=Nc1ccn([C@@H]2O[C@H](COC(=O)/C=C/c3ccccc3)[C@@H](OC(=O)/C=C/c3ccccc3)C2(F)F)c(=O)n1)O[Si](C)(C)C. The van der Waals surface area contributed by atoms with Crippen molar-refractivity contribution in [1.29, 1.82) is 0 Å². The summed E-state index contributed by atoms with van der Waals surface area (Å²) in [6, 6.07) is 18.8. The minimum absolute atomic E-state index is 0.0435. The summed E-state index contributed by atoms with van der Waals surface area (Å²) in [6.07, 6.45) is 0.0178. The number of aliphatic imine (C=N–C) groups is 1. The molecule has 1 saturated heterocycles. The molecule has 10 nitrogen and oxygen atoms in total. The van der Waals surface area contributed by atoms with Crippen LogP contribution in [0.1, 0.15) is 24.3 Å². The van der Waals surface area contributed by atoms with Crippen molar-refractivity contribution >= 4 is 44.1 Å². The predicted octanol–water partition coefficient (Wildman–Crippen LogP) is 5.56. The monoisotopic (exact) mass is 637 g/mol. The van der Waals surface area contributed by atoms with Crippen molar-refractivity contribution in [2.75, 3.05) is 6.61 Å². The van der Waals surface area contributed by atoms with Gasteiger partial charge in [0.2, 0.25) is 14.5 Å². The van der Waals surface area contributed by atoms with Crippen LogP contribution in [0, 0.1) is 0 Å². The van der Waals surface area contributed by atoms with E-state index < -0.39 is 56.9 Å². The molecule has 0 saturated carbocycles. The third-order valence-electron chi connectivity index (χ3n) is 6.20. The van der Waals surface area contributed by atoms with Gasteiger partial charge in [-0.15, -0.1) is 0 Å². The molecular weight excluding hydrogens is 604 g/mol. The Bertz CT molecular complexity index is 1640. The van der Waals surface area contributed by atoms with Gasteiger partial charge in [0.05, 0.1) is 0 Å². The Kier molecular flexibility index (Phi) is 10.6. The van der Waals surface area contributed by atoms with E-state index in [2.05, 4.69) is 9.98 Å². The molecular formula is C32H33F2N3O7Si. The summed E-state index contributed by atoms with van der Waals surface area (Å²) < 4.78 is 54.0. The molecule has 0 spiro atoms. The summed E-state index contributed by atoms with van der Waals surface area (Å²) in [6.45, 7) is 6.76. The average Bonchev–Trinajstić information content (AvgIpc) is 3.22. The van der Waals surface area contributed by atoms with Gasteiger partial charge in [-0.25, -0.2) is 14.4 Å². The van der Waals surface area contributed by atoms with Crippen LogP contribution < -0.4 is 5.69 Å². The minimum atomic E-state index is -3.93. The molecule has 1 aliphatic heterocycles. The van der Waals surface area contributed by atoms with Crippen molar-refractivity contribution in [2.24, 2.45) is 4.99 Å². The number of hydrogen-bond acceptors (Lipinski definition) is 9. The highest BCUT2D eigenvalue weighted by Crippen LogP contribution is 2.44. The van der Waals surface area contributed by atoms with E-state index in [1.807, 2.05) is 25.7 Å². The highest BCUT2D eigenvalue weighted by Gasteiger charge is 2.62. The van der Waals surface area contributed by atoms with Gasteiger partial charge < -0.3 is 18.6 Å². The summed E-state index contributed by atoms with van der Waals surface area (Å²) >= 11 is 0. The number of aromatic nitrogens is 2. The Hall–Kier alpha value is -4.75. The molecule has 2 heterocycles. The third kappa shape index (κ3) is 9.37. The highest BCUT2D eigenvalue weighted by molar-refractivity contribution is 6.71. The van der Waals surface area contributed by atoms with Gasteiger partial charge in [-0.2, -0.15) is 18.8 Å². The summed E-state index contributed by atoms with van der Waals surface area (Å²) in [7, 11) is -1.98. The Labute approximate surface area is 259 Å². The van der Waals surface area contributed by atoms with E-state index in [1.165, 1.54) is 18.2 Å². The van der Waals surface area contributed by atoms with Gasteiger partial charge in [0.25, 0.3) is 0 Å². The van der Waals surface area contributed by atoms with E-state index in [0.29, 0.717) is 10.1 Å². The van der Waals surface area contributed by atoms with Gasteiger partial charge in [0.1, 0.15) is 12.7 Å². The fourth-order valence-electron chi connectivity index (χ4n) is 4.35. The number of hydrogen-bond donors (Lipinski definition) is 0. The first-order valence-corrected chi connectivity index (χ1v) is 17.4. The number of ether oxygens (including phenoxy) is 3. The fourth-order valence-corrected chi connectivity index (χ4v) is 5.29. The van der Waals surface area contributed by atoms with Gasteiger partial charge in [0, 0.05) is 25.3 Å². The number of nitrogens with zero attached hydrogens (tertiary/aromatic N) is 3. The molecule has 3 aromatic rings. The van der Waals surface area contributed by atoms with E-state index in [4.69, 9.17) is 18.6 Å². The van der Waals surface area contributed by atoms with Gasteiger partial charge in [-0.3, -0.25) is 4.57 Å². The fraction of sp³-hybridized carbons (Fsp3) is 0.281. The summed E-state index contributed by atoms with van der Waals surface area (Å²) in [4.78, 5) is 45.8.